The van der Waals surface area contributed by atoms with Crippen molar-refractivity contribution >= 4 is 11.9 Å². The summed E-state index contributed by atoms with van der Waals surface area (Å²) in [4.78, 5) is 23.0. The number of carbonyl (C=O) groups is 2. The first-order chi connectivity index (χ1) is 10.1. The van der Waals surface area contributed by atoms with Crippen molar-refractivity contribution in [3.05, 3.63) is 29.8 Å². The van der Waals surface area contributed by atoms with Crippen LogP contribution in [-0.2, 0) is 4.79 Å². The molecule has 1 aliphatic carbocycles. The summed E-state index contributed by atoms with van der Waals surface area (Å²) in [5, 5.41) is 12.0. The molecule has 0 bridgehead atoms. The SMILES string of the molecule is CC1CCCCC1NC(=O)COc1ccccc1C(=O)O. The molecule has 21 heavy (non-hydrogen) atoms. The number of benzene rings is 1. The molecule has 5 nitrogen and oxygen atoms in total. The number of para-hydroxylation sites is 1. The Morgan fingerprint density at radius 3 is 2.71 bits per heavy atom. The van der Waals surface area contributed by atoms with Gasteiger partial charge in [-0.3, -0.25) is 4.79 Å². The Labute approximate surface area is 124 Å². The maximum Gasteiger partial charge on any atom is 0.339 e. The number of nitrogens with one attached hydrogen (secondary N) is 1. The third kappa shape index (κ3) is 4.21. The Morgan fingerprint density at radius 2 is 2.00 bits per heavy atom. The van der Waals surface area contributed by atoms with Crippen LogP contribution in [0.4, 0.5) is 0 Å². The summed E-state index contributed by atoms with van der Waals surface area (Å²) in [7, 11) is 0. The van der Waals surface area contributed by atoms with Crippen LogP contribution in [0.1, 0.15) is 43.0 Å². The smallest absolute Gasteiger partial charge is 0.339 e. The maximum atomic E-state index is 11.9. The van der Waals surface area contributed by atoms with Crippen molar-refractivity contribution in [2.24, 2.45) is 5.92 Å². The molecule has 0 radical (unpaired) electrons. The van der Waals surface area contributed by atoms with Crippen LogP contribution in [-0.4, -0.2) is 29.6 Å². The molecule has 1 saturated carbocycles. The minimum Gasteiger partial charge on any atom is -0.483 e. The van der Waals surface area contributed by atoms with Gasteiger partial charge in [-0.1, -0.05) is 31.9 Å². The van der Waals surface area contributed by atoms with Gasteiger partial charge in [-0.2, -0.15) is 0 Å². The minimum atomic E-state index is -1.06. The van der Waals surface area contributed by atoms with Crippen molar-refractivity contribution in [1.29, 1.82) is 0 Å². The number of carboxylic acids is 1. The predicted octanol–water partition coefficient (Wildman–Crippen LogP) is 2.46. The molecule has 5 heteroatoms. The standard InChI is InChI=1S/C16H21NO4/c1-11-6-2-4-8-13(11)17-15(18)10-21-14-9-5-3-7-12(14)16(19)20/h3,5,7,9,11,13H,2,4,6,8,10H2,1H3,(H,17,18)(H,19,20). The zero-order valence-corrected chi connectivity index (χ0v) is 12.2. The van der Waals surface area contributed by atoms with Crippen molar-refractivity contribution in [3.63, 3.8) is 0 Å². The summed E-state index contributed by atoms with van der Waals surface area (Å²) in [6.07, 6.45) is 4.49. The molecule has 2 rings (SSSR count). The van der Waals surface area contributed by atoms with E-state index in [-0.39, 0.29) is 29.9 Å². The number of hydrogen-bond acceptors (Lipinski definition) is 3. The molecule has 1 aromatic carbocycles. The summed E-state index contributed by atoms with van der Waals surface area (Å²) in [6, 6.07) is 6.52. The van der Waals surface area contributed by atoms with Crippen LogP contribution in [0.15, 0.2) is 24.3 Å². The molecule has 2 atom stereocenters. The van der Waals surface area contributed by atoms with Gasteiger partial charge in [0.25, 0.3) is 5.91 Å². The fourth-order valence-corrected chi connectivity index (χ4v) is 2.69. The number of amides is 1. The molecule has 0 aliphatic heterocycles. The zero-order chi connectivity index (χ0) is 15.2. The van der Waals surface area contributed by atoms with Gasteiger partial charge in [0.15, 0.2) is 6.61 Å². The van der Waals surface area contributed by atoms with Crippen LogP contribution in [0, 0.1) is 5.92 Å². The fraction of sp³-hybridized carbons (Fsp3) is 0.500. The first kappa shape index (κ1) is 15.4. The highest BCUT2D eigenvalue weighted by Gasteiger charge is 2.23. The molecule has 0 aromatic heterocycles. The van der Waals surface area contributed by atoms with E-state index in [1.807, 2.05) is 0 Å². The quantitative estimate of drug-likeness (QED) is 0.873. The molecule has 1 aromatic rings. The second kappa shape index (κ2) is 7.11. The van der Waals surface area contributed by atoms with Crippen LogP contribution in [0.5, 0.6) is 5.75 Å². The van der Waals surface area contributed by atoms with Crippen molar-refractivity contribution in [2.45, 2.75) is 38.6 Å². The van der Waals surface area contributed by atoms with Gasteiger partial charge in [0.2, 0.25) is 0 Å². The van der Waals surface area contributed by atoms with E-state index in [9.17, 15) is 9.59 Å². The van der Waals surface area contributed by atoms with Crippen LogP contribution >= 0.6 is 0 Å². The monoisotopic (exact) mass is 291 g/mol. The Morgan fingerprint density at radius 1 is 1.29 bits per heavy atom. The molecule has 0 spiro atoms. The number of hydrogen-bond donors (Lipinski definition) is 2. The highest BCUT2D eigenvalue weighted by molar-refractivity contribution is 5.91. The van der Waals surface area contributed by atoms with Crippen molar-refractivity contribution in [3.8, 4) is 5.75 Å². The largest absolute Gasteiger partial charge is 0.483 e. The molecule has 1 amide bonds. The highest BCUT2D eigenvalue weighted by atomic mass is 16.5. The molecule has 1 fully saturated rings. The lowest BCUT2D eigenvalue weighted by atomic mass is 9.86. The third-order valence-electron chi connectivity index (χ3n) is 3.93. The van der Waals surface area contributed by atoms with E-state index in [0.29, 0.717) is 5.92 Å². The summed E-state index contributed by atoms with van der Waals surface area (Å²) in [5.74, 6) is -0.563. The lowest BCUT2D eigenvalue weighted by molar-refractivity contribution is -0.124. The first-order valence-corrected chi connectivity index (χ1v) is 7.32. The van der Waals surface area contributed by atoms with Crippen molar-refractivity contribution in [2.75, 3.05) is 6.61 Å². The fourth-order valence-electron chi connectivity index (χ4n) is 2.69. The molecular weight excluding hydrogens is 270 g/mol. The van der Waals surface area contributed by atoms with Crippen LogP contribution < -0.4 is 10.1 Å². The summed E-state index contributed by atoms with van der Waals surface area (Å²) in [5.41, 5.74) is 0.0661. The molecule has 114 valence electrons. The number of aromatic carboxylic acids is 1. The molecule has 1 aliphatic rings. The summed E-state index contributed by atoms with van der Waals surface area (Å²) in [6.45, 7) is 1.98. The maximum absolute atomic E-state index is 11.9. The van der Waals surface area contributed by atoms with Crippen LogP contribution in [0.2, 0.25) is 0 Å². The minimum absolute atomic E-state index is 0.0661. The number of rotatable bonds is 5. The van der Waals surface area contributed by atoms with E-state index in [2.05, 4.69) is 12.2 Å². The van der Waals surface area contributed by atoms with Crippen molar-refractivity contribution < 1.29 is 19.4 Å². The van der Waals surface area contributed by atoms with E-state index in [4.69, 9.17) is 9.84 Å². The van der Waals surface area contributed by atoms with Crippen LogP contribution in [0.3, 0.4) is 0 Å². The molecule has 2 unspecified atom stereocenters. The lowest BCUT2D eigenvalue weighted by Gasteiger charge is -2.29. The van der Waals surface area contributed by atoms with E-state index in [0.717, 1.165) is 19.3 Å². The Bertz CT molecular complexity index is 515. The second-order valence-electron chi connectivity index (χ2n) is 5.53. The number of carbonyl (C=O) groups excluding carboxylic acids is 1. The molecular formula is C16H21NO4. The van der Waals surface area contributed by atoms with Gasteiger partial charge < -0.3 is 15.2 Å². The highest BCUT2D eigenvalue weighted by Crippen LogP contribution is 2.23. The summed E-state index contributed by atoms with van der Waals surface area (Å²) < 4.78 is 5.34. The van der Waals surface area contributed by atoms with E-state index >= 15 is 0 Å². The zero-order valence-electron chi connectivity index (χ0n) is 12.2. The predicted molar refractivity (Wildman–Crippen MR) is 78.5 cm³/mol. The van der Waals surface area contributed by atoms with Gasteiger partial charge >= 0.3 is 5.97 Å². The number of ether oxygens (including phenoxy) is 1. The van der Waals surface area contributed by atoms with Gasteiger partial charge in [0.1, 0.15) is 11.3 Å². The van der Waals surface area contributed by atoms with Crippen molar-refractivity contribution in [1.82, 2.24) is 5.32 Å². The third-order valence-corrected chi connectivity index (χ3v) is 3.93. The Balaban J connectivity index is 1.88. The van der Waals surface area contributed by atoms with E-state index in [1.54, 1.807) is 18.2 Å². The first-order valence-electron chi connectivity index (χ1n) is 7.32. The topological polar surface area (TPSA) is 75.6 Å². The molecule has 0 saturated heterocycles. The van der Waals surface area contributed by atoms with Gasteiger partial charge in [-0.25, -0.2) is 4.79 Å². The van der Waals surface area contributed by atoms with E-state index < -0.39 is 5.97 Å². The van der Waals surface area contributed by atoms with Gasteiger partial charge in [0.05, 0.1) is 0 Å². The number of carboxylic acid groups (broad SMARTS) is 1. The van der Waals surface area contributed by atoms with Gasteiger partial charge in [0, 0.05) is 6.04 Å². The molecule has 2 N–H and O–H groups in total. The Hall–Kier alpha value is -2.04. The van der Waals surface area contributed by atoms with Crippen LogP contribution in [0.25, 0.3) is 0 Å². The Kier molecular flexibility index (Phi) is 5.20. The van der Waals surface area contributed by atoms with Gasteiger partial charge in [-0.05, 0) is 30.9 Å². The van der Waals surface area contributed by atoms with E-state index in [1.165, 1.54) is 12.5 Å². The lowest BCUT2D eigenvalue weighted by Crippen LogP contribution is -2.43. The average Bonchev–Trinajstić information content (AvgIpc) is 2.48. The second-order valence-corrected chi connectivity index (χ2v) is 5.53. The average molecular weight is 291 g/mol. The molecule has 0 heterocycles. The van der Waals surface area contributed by atoms with Gasteiger partial charge in [-0.15, -0.1) is 0 Å². The summed E-state index contributed by atoms with van der Waals surface area (Å²) >= 11 is 0. The normalized spacial score (nSPS) is 21.6.